The molecule has 0 aliphatic heterocycles. The lowest BCUT2D eigenvalue weighted by molar-refractivity contribution is 0.0690. The molecule has 1 aromatic heterocycles. The van der Waals surface area contributed by atoms with E-state index in [1.54, 1.807) is 0 Å². The maximum Gasteiger partial charge on any atom is 0.352 e. The number of ether oxygens (including phenoxy) is 1. The Labute approximate surface area is 188 Å². The molecule has 0 bridgehead atoms. The first-order valence-electron chi connectivity index (χ1n) is 11.3. The van der Waals surface area contributed by atoms with Gasteiger partial charge in [-0.2, -0.15) is 0 Å². The van der Waals surface area contributed by atoms with Crippen molar-refractivity contribution in [2.75, 3.05) is 6.61 Å². The Bertz CT molecular complexity index is 1280. The van der Waals surface area contributed by atoms with E-state index in [0.29, 0.717) is 13.0 Å². The van der Waals surface area contributed by atoms with Gasteiger partial charge in [0.1, 0.15) is 11.4 Å². The van der Waals surface area contributed by atoms with E-state index in [9.17, 15) is 9.90 Å². The number of rotatable bonds is 9. The molecule has 32 heavy (non-hydrogen) atoms. The summed E-state index contributed by atoms with van der Waals surface area (Å²) in [6.07, 6.45) is 5.43. The zero-order chi connectivity index (χ0) is 22.5. The standard InChI is InChI=1S/C28H29NO3/c1-3-10-19(4-2)22-14-8-15-23-24(27(28(30)31)29-26(22)23)16-9-18-32-25-17-7-12-20-11-5-6-13-21(20)25/h5-8,10-15,17,29H,3-4,9,16,18H2,1-2H3,(H,30,31)/b19-10+. The zero-order valence-electron chi connectivity index (χ0n) is 18.7. The molecule has 4 heteroatoms. The summed E-state index contributed by atoms with van der Waals surface area (Å²) in [5.41, 5.74) is 4.37. The molecule has 0 aliphatic carbocycles. The molecule has 0 radical (unpaired) electrons. The van der Waals surface area contributed by atoms with E-state index in [2.05, 4.69) is 49.2 Å². The lowest BCUT2D eigenvalue weighted by Crippen LogP contribution is -2.04. The summed E-state index contributed by atoms with van der Waals surface area (Å²) in [7, 11) is 0. The molecule has 2 N–H and O–H groups in total. The summed E-state index contributed by atoms with van der Waals surface area (Å²) in [5.74, 6) is -0.0605. The Balaban J connectivity index is 1.58. The number of aryl methyl sites for hydroxylation is 1. The largest absolute Gasteiger partial charge is 0.493 e. The molecule has 0 saturated heterocycles. The predicted molar refractivity (Wildman–Crippen MR) is 132 cm³/mol. The van der Waals surface area contributed by atoms with E-state index >= 15 is 0 Å². The van der Waals surface area contributed by atoms with Crippen LogP contribution in [-0.2, 0) is 6.42 Å². The minimum absolute atomic E-state index is 0.282. The molecule has 3 aromatic carbocycles. The summed E-state index contributed by atoms with van der Waals surface area (Å²) in [5, 5.41) is 13.1. The molecule has 0 unspecified atom stereocenters. The molecular formula is C28H29NO3. The highest BCUT2D eigenvalue weighted by atomic mass is 16.5. The number of carboxylic acids is 1. The highest BCUT2D eigenvalue weighted by molar-refractivity contribution is 6.01. The van der Waals surface area contributed by atoms with Crippen LogP contribution in [0, 0.1) is 0 Å². The molecule has 0 saturated carbocycles. The third-order valence-electron chi connectivity index (χ3n) is 5.91. The number of allylic oxidation sites excluding steroid dienone is 2. The summed E-state index contributed by atoms with van der Waals surface area (Å²) in [4.78, 5) is 15.2. The van der Waals surface area contributed by atoms with Gasteiger partial charge in [-0.15, -0.1) is 0 Å². The van der Waals surface area contributed by atoms with E-state index in [-0.39, 0.29) is 5.69 Å². The fourth-order valence-corrected chi connectivity index (χ4v) is 4.43. The van der Waals surface area contributed by atoms with E-state index in [1.165, 1.54) is 5.57 Å². The van der Waals surface area contributed by atoms with E-state index < -0.39 is 5.97 Å². The van der Waals surface area contributed by atoms with Gasteiger partial charge in [-0.1, -0.05) is 74.5 Å². The van der Waals surface area contributed by atoms with Gasteiger partial charge in [0.15, 0.2) is 0 Å². The predicted octanol–water partition coefficient (Wildman–Crippen LogP) is 7.23. The second-order valence-electron chi connectivity index (χ2n) is 7.93. The molecule has 0 spiro atoms. The quantitative estimate of drug-likeness (QED) is 0.277. The minimum Gasteiger partial charge on any atom is -0.493 e. The molecule has 4 aromatic rings. The number of carbonyl (C=O) groups is 1. The third-order valence-corrected chi connectivity index (χ3v) is 5.91. The van der Waals surface area contributed by atoms with Crippen LogP contribution in [0.15, 0.2) is 66.7 Å². The number of fused-ring (bicyclic) bond motifs is 2. The average Bonchev–Trinajstić information content (AvgIpc) is 3.19. The molecular weight excluding hydrogens is 398 g/mol. The molecule has 164 valence electrons. The molecule has 0 aliphatic rings. The Hall–Kier alpha value is -3.53. The number of H-pyrrole nitrogens is 1. The van der Waals surface area contributed by atoms with Gasteiger partial charge in [-0.25, -0.2) is 4.79 Å². The Kier molecular flexibility index (Phi) is 6.60. The number of nitrogens with one attached hydrogen (secondary N) is 1. The maximum atomic E-state index is 12.0. The van der Waals surface area contributed by atoms with Crippen molar-refractivity contribution in [1.82, 2.24) is 4.98 Å². The molecule has 0 atom stereocenters. The van der Waals surface area contributed by atoms with E-state index in [4.69, 9.17) is 4.74 Å². The van der Waals surface area contributed by atoms with Crippen molar-refractivity contribution >= 4 is 33.2 Å². The Morgan fingerprint density at radius 3 is 2.53 bits per heavy atom. The first-order chi connectivity index (χ1) is 15.6. The van der Waals surface area contributed by atoms with Gasteiger partial charge < -0.3 is 14.8 Å². The fourth-order valence-electron chi connectivity index (χ4n) is 4.43. The highest BCUT2D eigenvalue weighted by Crippen LogP contribution is 2.32. The van der Waals surface area contributed by atoms with Crippen molar-refractivity contribution in [2.24, 2.45) is 0 Å². The minimum atomic E-state index is -0.922. The van der Waals surface area contributed by atoms with Crippen molar-refractivity contribution in [2.45, 2.75) is 39.5 Å². The molecule has 1 heterocycles. The normalized spacial score (nSPS) is 11.9. The maximum absolute atomic E-state index is 12.0. The molecule has 4 rings (SSSR count). The van der Waals surface area contributed by atoms with Crippen LogP contribution >= 0.6 is 0 Å². The second kappa shape index (κ2) is 9.73. The number of aromatic nitrogens is 1. The summed E-state index contributed by atoms with van der Waals surface area (Å²) >= 11 is 0. The first kappa shape index (κ1) is 21.7. The summed E-state index contributed by atoms with van der Waals surface area (Å²) < 4.78 is 6.07. The number of carboxylic acid groups (broad SMARTS) is 1. The smallest absolute Gasteiger partial charge is 0.352 e. The van der Waals surface area contributed by atoms with Gasteiger partial charge in [-0.05, 0) is 48.3 Å². The molecule has 4 nitrogen and oxygen atoms in total. The van der Waals surface area contributed by atoms with E-state index in [1.807, 2.05) is 36.4 Å². The van der Waals surface area contributed by atoms with Crippen LogP contribution in [0.3, 0.4) is 0 Å². The molecule has 0 amide bonds. The van der Waals surface area contributed by atoms with Gasteiger partial charge in [-0.3, -0.25) is 0 Å². The zero-order valence-corrected chi connectivity index (χ0v) is 18.7. The van der Waals surface area contributed by atoms with Crippen LogP contribution in [0.1, 0.15) is 54.7 Å². The van der Waals surface area contributed by atoms with Gasteiger partial charge in [0, 0.05) is 16.3 Å². The summed E-state index contributed by atoms with van der Waals surface area (Å²) in [6, 6.07) is 20.3. The van der Waals surface area contributed by atoms with Crippen molar-refractivity contribution in [1.29, 1.82) is 0 Å². The number of benzene rings is 3. The number of hydrogen-bond acceptors (Lipinski definition) is 2. The Morgan fingerprint density at radius 1 is 1.00 bits per heavy atom. The van der Waals surface area contributed by atoms with Crippen LogP contribution in [0.25, 0.3) is 27.2 Å². The van der Waals surface area contributed by atoms with Crippen molar-refractivity contribution in [3.05, 3.63) is 83.6 Å². The Morgan fingerprint density at radius 2 is 1.75 bits per heavy atom. The lowest BCUT2D eigenvalue weighted by atomic mass is 9.98. The first-order valence-corrected chi connectivity index (χ1v) is 11.3. The van der Waals surface area contributed by atoms with Crippen LogP contribution in [-0.4, -0.2) is 22.7 Å². The summed E-state index contributed by atoms with van der Waals surface area (Å²) in [6.45, 7) is 4.77. The van der Waals surface area contributed by atoms with Crippen LogP contribution < -0.4 is 4.74 Å². The fraction of sp³-hybridized carbons (Fsp3) is 0.250. The second-order valence-corrected chi connectivity index (χ2v) is 7.93. The van der Waals surface area contributed by atoms with Crippen molar-refractivity contribution in [3.8, 4) is 5.75 Å². The monoisotopic (exact) mass is 427 g/mol. The lowest BCUT2D eigenvalue weighted by Gasteiger charge is -2.10. The van der Waals surface area contributed by atoms with Gasteiger partial charge in [0.25, 0.3) is 0 Å². The number of aromatic carboxylic acids is 1. The topological polar surface area (TPSA) is 62.3 Å². The van der Waals surface area contributed by atoms with E-state index in [0.717, 1.165) is 57.8 Å². The average molecular weight is 428 g/mol. The number of para-hydroxylation sites is 1. The van der Waals surface area contributed by atoms with Gasteiger partial charge in [0.05, 0.1) is 12.1 Å². The van der Waals surface area contributed by atoms with Gasteiger partial charge >= 0.3 is 5.97 Å². The van der Waals surface area contributed by atoms with Gasteiger partial charge in [0.2, 0.25) is 0 Å². The van der Waals surface area contributed by atoms with Crippen molar-refractivity contribution in [3.63, 3.8) is 0 Å². The third kappa shape index (κ3) is 4.26. The SMILES string of the molecule is CC/C=C(\CC)c1cccc2c(CCCOc3cccc4ccccc34)c(C(=O)O)[nH]c12. The number of hydrogen-bond donors (Lipinski definition) is 2. The van der Waals surface area contributed by atoms with Crippen molar-refractivity contribution < 1.29 is 14.6 Å². The van der Waals surface area contributed by atoms with Crippen LogP contribution in [0.5, 0.6) is 5.75 Å². The molecule has 0 fully saturated rings. The van der Waals surface area contributed by atoms with Crippen LogP contribution in [0.4, 0.5) is 0 Å². The van der Waals surface area contributed by atoms with Crippen LogP contribution in [0.2, 0.25) is 0 Å². The highest BCUT2D eigenvalue weighted by Gasteiger charge is 2.19. The number of aromatic amines is 1.